The Morgan fingerprint density at radius 2 is 1.70 bits per heavy atom. The van der Waals surface area contributed by atoms with Gasteiger partial charge in [-0.15, -0.1) is 0 Å². The first-order valence-electron chi connectivity index (χ1n) is 14.2. The number of halogens is 2. The number of ether oxygens (including phenoxy) is 4. The Labute approximate surface area is 267 Å². The molecule has 2 aromatic carbocycles. The Balaban J connectivity index is 1.82. The van der Waals surface area contributed by atoms with Gasteiger partial charge in [0.05, 0.1) is 33.9 Å². The smallest absolute Gasteiger partial charge is 0.325 e. The summed E-state index contributed by atoms with van der Waals surface area (Å²) in [5.74, 6) is -0.797. The Hall–Kier alpha value is -3.54. The molecule has 0 bridgehead atoms. The first kappa shape index (κ1) is 34.9. The van der Waals surface area contributed by atoms with Crippen molar-refractivity contribution in [2.24, 2.45) is 0 Å². The van der Waals surface area contributed by atoms with E-state index in [1.165, 1.54) is 36.0 Å². The van der Waals surface area contributed by atoms with Crippen molar-refractivity contribution < 1.29 is 38.1 Å². The number of esters is 1. The maximum absolute atomic E-state index is 13.8. The van der Waals surface area contributed by atoms with Crippen molar-refractivity contribution in [2.45, 2.75) is 37.7 Å². The van der Waals surface area contributed by atoms with Crippen LogP contribution in [0.4, 0.5) is 0 Å². The van der Waals surface area contributed by atoms with Gasteiger partial charge in [-0.25, -0.2) is 0 Å². The zero-order chi connectivity index (χ0) is 32.2. The van der Waals surface area contributed by atoms with Gasteiger partial charge >= 0.3 is 5.97 Å². The molecule has 13 heteroatoms. The Morgan fingerprint density at radius 3 is 2.34 bits per heavy atom. The van der Waals surface area contributed by atoms with Gasteiger partial charge in [0.1, 0.15) is 24.6 Å². The fourth-order valence-corrected chi connectivity index (χ4v) is 5.36. The average molecular weight is 653 g/mol. The maximum Gasteiger partial charge on any atom is 0.325 e. The molecule has 44 heavy (non-hydrogen) atoms. The van der Waals surface area contributed by atoms with E-state index >= 15 is 0 Å². The summed E-state index contributed by atoms with van der Waals surface area (Å²) in [6.45, 7) is 1.71. The molecule has 0 aromatic heterocycles. The van der Waals surface area contributed by atoms with Crippen molar-refractivity contribution in [3.05, 3.63) is 58.6 Å². The molecule has 2 unspecified atom stereocenters. The minimum atomic E-state index is -1.13. The molecule has 3 amide bonds. The second-order valence-corrected chi connectivity index (χ2v) is 11.0. The van der Waals surface area contributed by atoms with Crippen LogP contribution in [0, 0.1) is 0 Å². The van der Waals surface area contributed by atoms with Gasteiger partial charge in [-0.3, -0.25) is 19.2 Å². The number of carbonyl (C=O) groups excluding carboxylic acids is 4. The molecule has 0 spiro atoms. The molecule has 1 heterocycles. The van der Waals surface area contributed by atoms with E-state index in [0.29, 0.717) is 22.9 Å². The third-order valence-corrected chi connectivity index (χ3v) is 7.87. The van der Waals surface area contributed by atoms with Gasteiger partial charge in [-0.1, -0.05) is 41.4 Å². The summed E-state index contributed by atoms with van der Waals surface area (Å²) in [4.78, 5) is 57.3. The Morgan fingerprint density at radius 1 is 1.02 bits per heavy atom. The van der Waals surface area contributed by atoms with Crippen molar-refractivity contribution in [1.29, 1.82) is 0 Å². The average Bonchev–Trinajstić information content (AvgIpc) is 3.01. The normalized spacial score (nSPS) is 15.6. The van der Waals surface area contributed by atoms with Crippen molar-refractivity contribution in [3.63, 3.8) is 0 Å². The summed E-state index contributed by atoms with van der Waals surface area (Å²) >= 11 is 12.7. The molecule has 1 aliphatic heterocycles. The highest BCUT2D eigenvalue weighted by Crippen LogP contribution is 2.28. The van der Waals surface area contributed by atoms with E-state index in [-0.39, 0.29) is 58.1 Å². The number of alkyl halides is 1. The van der Waals surface area contributed by atoms with Gasteiger partial charge in [-0.2, -0.15) is 0 Å². The van der Waals surface area contributed by atoms with E-state index in [0.717, 1.165) is 11.1 Å². The number of hydrogen-bond acceptors (Lipinski definition) is 8. The number of nitrogens with zero attached hydrogens (tertiary/aromatic N) is 3. The molecular formula is C31H39Cl2N3O8. The molecule has 0 radical (unpaired) electrons. The van der Waals surface area contributed by atoms with Gasteiger partial charge in [0.2, 0.25) is 17.7 Å². The molecule has 2 aromatic rings. The maximum atomic E-state index is 13.8. The lowest BCUT2D eigenvalue weighted by molar-refractivity contribution is -0.160. The highest BCUT2D eigenvalue weighted by molar-refractivity contribution is 6.30. The van der Waals surface area contributed by atoms with Gasteiger partial charge in [0, 0.05) is 31.6 Å². The molecule has 0 aliphatic carbocycles. The van der Waals surface area contributed by atoms with Gasteiger partial charge < -0.3 is 33.6 Å². The number of benzene rings is 2. The predicted octanol–water partition coefficient (Wildman–Crippen LogP) is 3.17. The Kier molecular flexibility index (Phi) is 13.6. The quantitative estimate of drug-likeness (QED) is 0.154. The topological polar surface area (TPSA) is 115 Å². The molecule has 240 valence electrons. The number of methoxy groups -OCH3 is 3. The number of amides is 3. The van der Waals surface area contributed by atoms with E-state index < -0.39 is 29.3 Å². The minimum Gasteiger partial charge on any atom is -0.493 e. The number of carbonyl (C=O) groups is 4. The van der Waals surface area contributed by atoms with Gasteiger partial charge in [-0.05, 0) is 48.7 Å². The van der Waals surface area contributed by atoms with Crippen LogP contribution in [0.3, 0.4) is 0 Å². The first-order valence-corrected chi connectivity index (χ1v) is 15.0. The van der Waals surface area contributed by atoms with Crippen LogP contribution in [0.5, 0.6) is 11.5 Å². The summed E-state index contributed by atoms with van der Waals surface area (Å²) in [5, 5.41) is 0.565. The summed E-state index contributed by atoms with van der Waals surface area (Å²) < 4.78 is 20.9. The molecule has 0 saturated carbocycles. The van der Waals surface area contributed by atoms with Crippen LogP contribution >= 0.6 is 23.2 Å². The molecule has 0 N–H and O–H groups in total. The van der Waals surface area contributed by atoms with Crippen LogP contribution in [-0.4, -0.2) is 111 Å². The first-order chi connectivity index (χ1) is 21.1. The third kappa shape index (κ3) is 9.48. The van der Waals surface area contributed by atoms with E-state index in [9.17, 15) is 19.2 Å². The molecule has 1 saturated heterocycles. The van der Waals surface area contributed by atoms with Crippen LogP contribution in [0.15, 0.2) is 42.5 Å². The monoisotopic (exact) mass is 651 g/mol. The lowest BCUT2D eigenvalue weighted by Gasteiger charge is -2.42. The molecule has 1 aliphatic rings. The summed E-state index contributed by atoms with van der Waals surface area (Å²) in [5.41, 5.74) is 0.837. The molecule has 3 rings (SSSR count). The lowest BCUT2D eigenvalue weighted by atomic mass is 10.0. The van der Waals surface area contributed by atoms with E-state index in [4.69, 9.17) is 42.1 Å². The number of rotatable bonds is 16. The number of piperazine rings is 1. The second kappa shape index (κ2) is 17.1. The van der Waals surface area contributed by atoms with E-state index in [1.54, 1.807) is 43.3 Å². The van der Waals surface area contributed by atoms with Crippen LogP contribution in [-0.2, 0) is 41.5 Å². The molecule has 1 fully saturated rings. The van der Waals surface area contributed by atoms with Crippen molar-refractivity contribution in [1.82, 2.24) is 14.7 Å². The summed E-state index contributed by atoms with van der Waals surface area (Å²) in [6.07, 6.45) is 0.310. The van der Waals surface area contributed by atoms with Gasteiger partial charge in [0.25, 0.3) is 0 Å². The van der Waals surface area contributed by atoms with E-state index in [2.05, 4.69) is 0 Å². The van der Waals surface area contributed by atoms with Crippen molar-refractivity contribution in [3.8, 4) is 11.5 Å². The fraction of sp³-hybridized carbons (Fsp3) is 0.484. The van der Waals surface area contributed by atoms with Crippen LogP contribution in [0.25, 0.3) is 0 Å². The molecule has 2 atom stereocenters. The lowest BCUT2D eigenvalue weighted by Crippen LogP contribution is -2.63. The largest absolute Gasteiger partial charge is 0.493 e. The van der Waals surface area contributed by atoms with Crippen molar-refractivity contribution >= 4 is 46.9 Å². The summed E-state index contributed by atoms with van der Waals surface area (Å²) in [7, 11) is 4.55. The third-order valence-electron chi connectivity index (χ3n) is 7.23. The molecular weight excluding hydrogens is 613 g/mol. The van der Waals surface area contributed by atoms with E-state index in [1.807, 2.05) is 6.07 Å². The molecule has 11 nitrogen and oxygen atoms in total. The second-order valence-electron chi connectivity index (χ2n) is 10.1. The van der Waals surface area contributed by atoms with Crippen molar-refractivity contribution in [2.75, 3.05) is 60.7 Å². The zero-order valence-electron chi connectivity index (χ0n) is 25.4. The fourth-order valence-electron chi connectivity index (χ4n) is 4.89. The number of hydrogen-bond donors (Lipinski definition) is 0. The van der Waals surface area contributed by atoms with Crippen LogP contribution < -0.4 is 9.47 Å². The summed E-state index contributed by atoms with van der Waals surface area (Å²) in [6, 6.07) is 11.3. The highest BCUT2D eigenvalue weighted by atomic mass is 35.5. The predicted molar refractivity (Wildman–Crippen MR) is 165 cm³/mol. The SMILES string of the molecule is CCOC(=O)CN(CCc1ccc(OC)c(OC)c1)C(=O)CC1C(=O)N(C(Cl)Cc2ccc(Cl)cc2)CC(=O)N1CCOC. The highest BCUT2D eigenvalue weighted by Gasteiger charge is 2.43. The zero-order valence-corrected chi connectivity index (χ0v) is 26.9. The van der Waals surface area contributed by atoms with Crippen LogP contribution in [0.2, 0.25) is 5.02 Å². The standard InChI is InChI=1S/C31H39Cl2N3O8/c1-5-44-30(39)20-34(13-12-22-8-11-25(42-3)26(16-22)43-4)28(37)18-24-31(40)36(19-29(38)35(24)14-15-41-2)27(33)17-21-6-9-23(32)10-7-21/h6-11,16,24,27H,5,12-15,17-20H2,1-4H3. The Bertz CT molecular complexity index is 1290. The minimum absolute atomic E-state index is 0.112. The van der Waals surface area contributed by atoms with Gasteiger partial charge in [0.15, 0.2) is 11.5 Å². The van der Waals surface area contributed by atoms with Crippen LogP contribution in [0.1, 0.15) is 24.5 Å².